The predicted molar refractivity (Wildman–Crippen MR) is 121 cm³/mol. The van der Waals surface area contributed by atoms with Crippen LogP contribution in [0.2, 0.25) is 0 Å². The SMILES string of the molecule is O=C(Nc1cccc(C(=O)Nc2ccccc2)c1)c1ccc(-c2ccccc2)cc1. The lowest BCUT2D eigenvalue weighted by molar-refractivity contribution is 0.101. The molecule has 0 atom stereocenters. The van der Waals surface area contributed by atoms with Crippen LogP contribution in [0.25, 0.3) is 11.1 Å². The third-order valence-corrected chi connectivity index (χ3v) is 4.67. The summed E-state index contributed by atoms with van der Waals surface area (Å²) >= 11 is 0. The topological polar surface area (TPSA) is 58.2 Å². The Hall–Kier alpha value is -4.18. The minimum atomic E-state index is -0.232. The Morgan fingerprint density at radius 1 is 0.467 bits per heavy atom. The van der Waals surface area contributed by atoms with Crippen molar-refractivity contribution in [2.24, 2.45) is 0 Å². The summed E-state index contributed by atoms with van der Waals surface area (Å²) in [6.07, 6.45) is 0. The number of rotatable bonds is 5. The van der Waals surface area contributed by atoms with Crippen LogP contribution in [-0.4, -0.2) is 11.8 Å². The first-order chi connectivity index (χ1) is 14.7. The molecule has 0 spiro atoms. The molecular weight excluding hydrogens is 372 g/mol. The summed E-state index contributed by atoms with van der Waals surface area (Å²) in [7, 11) is 0. The second kappa shape index (κ2) is 8.88. The van der Waals surface area contributed by atoms with Gasteiger partial charge in [-0.15, -0.1) is 0 Å². The Morgan fingerprint density at radius 2 is 1.00 bits per heavy atom. The first-order valence-electron chi connectivity index (χ1n) is 9.62. The number of para-hydroxylation sites is 1. The summed E-state index contributed by atoms with van der Waals surface area (Å²) in [5.74, 6) is -0.459. The molecule has 0 saturated heterocycles. The molecule has 2 amide bonds. The van der Waals surface area contributed by atoms with Gasteiger partial charge >= 0.3 is 0 Å². The average Bonchev–Trinajstić information content (AvgIpc) is 2.80. The van der Waals surface area contributed by atoms with E-state index in [0.717, 1.165) is 16.8 Å². The number of carbonyl (C=O) groups excluding carboxylic acids is 2. The van der Waals surface area contributed by atoms with Gasteiger partial charge in [-0.1, -0.05) is 66.7 Å². The summed E-state index contributed by atoms with van der Waals surface area (Å²) in [4.78, 5) is 25.1. The zero-order valence-electron chi connectivity index (χ0n) is 16.2. The first kappa shape index (κ1) is 19.2. The Morgan fingerprint density at radius 3 is 1.70 bits per heavy atom. The highest BCUT2D eigenvalue weighted by Crippen LogP contribution is 2.20. The summed E-state index contributed by atoms with van der Waals surface area (Å²) in [6.45, 7) is 0. The molecule has 4 nitrogen and oxygen atoms in total. The maximum atomic E-state index is 12.6. The van der Waals surface area contributed by atoms with Gasteiger partial charge in [-0.05, 0) is 53.6 Å². The van der Waals surface area contributed by atoms with Gasteiger partial charge in [-0.25, -0.2) is 0 Å². The van der Waals surface area contributed by atoms with Crippen LogP contribution in [0.3, 0.4) is 0 Å². The smallest absolute Gasteiger partial charge is 0.255 e. The van der Waals surface area contributed by atoms with Crippen molar-refractivity contribution in [3.05, 3.63) is 120 Å². The highest BCUT2D eigenvalue weighted by atomic mass is 16.2. The zero-order valence-corrected chi connectivity index (χ0v) is 16.2. The summed E-state index contributed by atoms with van der Waals surface area (Å²) in [6, 6.07) is 33.6. The minimum absolute atomic E-state index is 0.227. The van der Waals surface area contributed by atoms with E-state index in [-0.39, 0.29) is 11.8 Å². The van der Waals surface area contributed by atoms with Crippen molar-refractivity contribution in [2.45, 2.75) is 0 Å². The van der Waals surface area contributed by atoms with E-state index < -0.39 is 0 Å². The molecule has 0 bridgehead atoms. The molecule has 0 aliphatic rings. The van der Waals surface area contributed by atoms with Crippen LogP contribution in [0.4, 0.5) is 11.4 Å². The Bertz CT molecular complexity index is 1150. The fourth-order valence-corrected chi connectivity index (χ4v) is 3.11. The lowest BCUT2D eigenvalue weighted by Gasteiger charge is -2.09. The van der Waals surface area contributed by atoms with Crippen LogP contribution in [0, 0.1) is 0 Å². The lowest BCUT2D eigenvalue weighted by Crippen LogP contribution is -2.14. The molecule has 4 rings (SSSR count). The molecule has 0 radical (unpaired) electrons. The molecule has 0 aromatic heterocycles. The van der Waals surface area contributed by atoms with Crippen molar-refractivity contribution < 1.29 is 9.59 Å². The van der Waals surface area contributed by atoms with Gasteiger partial charge in [-0.3, -0.25) is 9.59 Å². The highest BCUT2D eigenvalue weighted by molar-refractivity contribution is 6.07. The van der Waals surface area contributed by atoms with E-state index >= 15 is 0 Å². The van der Waals surface area contributed by atoms with Crippen LogP contribution in [0.15, 0.2) is 109 Å². The van der Waals surface area contributed by atoms with Gasteiger partial charge in [0.2, 0.25) is 0 Å². The van der Waals surface area contributed by atoms with Gasteiger partial charge in [-0.2, -0.15) is 0 Å². The summed E-state index contributed by atoms with van der Waals surface area (Å²) in [5, 5.41) is 5.70. The summed E-state index contributed by atoms with van der Waals surface area (Å²) in [5.41, 5.74) is 4.45. The molecule has 0 unspecified atom stereocenters. The largest absolute Gasteiger partial charge is 0.322 e. The van der Waals surface area contributed by atoms with Gasteiger partial charge in [0.1, 0.15) is 0 Å². The molecule has 0 aliphatic heterocycles. The van der Waals surface area contributed by atoms with Crippen molar-refractivity contribution in [3.63, 3.8) is 0 Å². The Balaban J connectivity index is 1.44. The number of benzene rings is 4. The van der Waals surface area contributed by atoms with E-state index in [1.165, 1.54) is 0 Å². The molecule has 0 fully saturated rings. The number of hydrogen-bond acceptors (Lipinski definition) is 2. The standard InChI is InChI=1S/C26H20N2O2/c29-25(21-16-14-20(15-17-21)19-8-3-1-4-9-19)28-24-13-7-10-22(18-24)26(30)27-23-11-5-2-6-12-23/h1-18H,(H,27,30)(H,28,29). The molecule has 30 heavy (non-hydrogen) atoms. The van der Waals surface area contributed by atoms with E-state index in [0.29, 0.717) is 16.8 Å². The maximum absolute atomic E-state index is 12.6. The number of amides is 2. The monoisotopic (exact) mass is 392 g/mol. The molecule has 0 heterocycles. The Labute approximate surface area is 175 Å². The number of hydrogen-bond donors (Lipinski definition) is 2. The maximum Gasteiger partial charge on any atom is 0.255 e. The number of nitrogens with one attached hydrogen (secondary N) is 2. The zero-order chi connectivity index (χ0) is 20.8. The molecule has 2 N–H and O–H groups in total. The van der Waals surface area contributed by atoms with E-state index in [2.05, 4.69) is 10.6 Å². The fourth-order valence-electron chi connectivity index (χ4n) is 3.11. The third-order valence-electron chi connectivity index (χ3n) is 4.67. The van der Waals surface area contributed by atoms with Crippen LogP contribution in [0.5, 0.6) is 0 Å². The van der Waals surface area contributed by atoms with Crippen LogP contribution in [0.1, 0.15) is 20.7 Å². The lowest BCUT2D eigenvalue weighted by atomic mass is 10.0. The van der Waals surface area contributed by atoms with E-state index in [1.807, 2.05) is 72.8 Å². The number of carbonyl (C=O) groups is 2. The second-order valence-corrected chi connectivity index (χ2v) is 6.80. The minimum Gasteiger partial charge on any atom is -0.322 e. The molecule has 4 aromatic carbocycles. The van der Waals surface area contributed by atoms with Crippen molar-refractivity contribution in [1.82, 2.24) is 0 Å². The third kappa shape index (κ3) is 4.62. The van der Waals surface area contributed by atoms with E-state index in [1.54, 1.807) is 36.4 Å². The normalized spacial score (nSPS) is 10.3. The molecule has 4 aromatic rings. The highest BCUT2D eigenvalue weighted by Gasteiger charge is 2.10. The van der Waals surface area contributed by atoms with Gasteiger partial charge in [0, 0.05) is 22.5 Å². The molecule has 0 aliphatic carbocycles. The molecule has 4 heteroatoms. The summed E-state index contributed by atoms with van der Waals surface area (Å²) < 4.78 is 0. The molecule has 0 saturated carbocycles. The van der Waals surface area contributed by atoms with Crippen LogP contribution < -0.4 is 10.6 Å². The average molecular weight is 392 g/mol. The molecular formula is C26H20N2O2. The molecule has 146 valence electrons. The predicted octanol–water partition coefficient (Wildman–Crippen LogP) is 5.86. The van der Waals surface area contributed by atoms with Crippen LogP contribution in [-0.2, 0) is 0 Å². The number of anilines is 2. The second-order valence-electron chi connectivity index (χ2n) is 6.80. The van der Waals surface area contributed by atoms with Crippen molar-refractivity contribution in [1.29, 1.82) is 0 Å². The van der Waals surface area contributed by atoms with E-state index in [9.17, 15) is 9.59 Å². The fraction of sp³-hybridized carbons (Fsp3) is 0. The van der Waals surface area contributed by atoms with Crippen molar-refractivity contribution in [2.75, 3.05) is 10.6 Å². The van der Waals surface area contributed by atoms with Crippen LogP contribution >= 0.6 is 0 Å². The van der Waals surface area contributed by atoms with Gasteiger partial charge < -0.3 is 10.6 Å². The first-order valence-corrected chi connectivity index (χ1v) is 9.62. The van der Waals surface area contributed by atoms with Crippen molar-refractivity contribution >= 4 is 23.2 Å². The van der Waals surface area contributed by atoms with Gasteiger partial charge in [0.15, 0.2) is 0 Å². The Kier molecular flexibility index (Phi) is 5.67. The van der Waals surface area contributed by atoms with Gasteiger partial charge in [0.05, 0.1) is 0 Å². The quantitative estimate of drug-likeness (QED) is 0.447. The van der Waals surface area contributed by atoms with Crippen molar-refractivity contribution in [3.8, 4) is 11.1 Å². The van der Waals surface area contributed by atoms with E-state index in [4.69, 9.17) is 0 Å². The van der Waals surface area contributed by atoms with Gasteiger partial charge in [0.25, 0.3) is 11.8 Å².